The fourth-order valence-electron chi connectivity index (χ4n) is 3.66. The molecule has 3 aromatic rings. The molecule has 2 aromatic carbocycles. The van der Waals surface area contributed by atoms with Crippen molar-refractivity contribution in [3.05, 3.63) is 105 Å². The predicted octanol–water partition coefficient (Wildman–Crippen LogP) is 5.97. The molecule has 1 aromatic heterocycles. The second-order valence-electron chi connectivity index (χ2n) is 7.90. The molecule has 2 N–H and O–H groups in total. The van der Waals surface area contributed by atoms with Crippen LogP contribution in [0.4, 0.5) is 4.39 Å². The van der Waals surface area contributed by atoms with E-state index >= 15 is 0 Å². The van der Waals surface area contributed by atoms with Gasteiger partial charge >= 0.3 is 5.97 Å². The number of rotatable bonds is 7. The van der Waals surface area contributed by atoms with Crippen molar-refractivity contribution in [2.75, 3.05) is 0 Å². The first-order valence-electron chi connectivity index (χ1n) is 10.5. The van der Waals surface area contributed by atoms with Crippen LogP contribution in [0.25, 0.3) is 22.3 Å². The second kappa shape index (κ2) is 9.69. The molecule has 1 unspecified atom stereocenters. The van der Waals surface area contributed by atoms with Gasteiger partial charge in [0.15, 0.2) is 5.43 Å². The lowest BCUT2D eigenvalue weighted by atomic mass is 9.98. The van der Waals surface area contributed by atoms with Crippen LogP contribution in [-0.2, 0) is 4.79 Å². The Morgan fingerprint density at radius 1 is 1.24 bits per heavy atom. The van der Waals surface area contributed by atoms with Crippen molar-refractivity contribution in [2.24, 2.45) is 0 Å². The lowest BCUT2D eigenvalue weighted by Gasteiger charge is -2.20. The Morgan fingerprint density at radius 3 is 2.58 bits per heavy atom. The van der Waals surface area contributed by atoms with E-state index in [2.05, 4.69) is 11.9 Å². The van der Waals surface area contributed by atoms with E-state index in [4.69, 9.17) is 4.42 Å². The number of carboxylic acid groups (broad SMARTS) is 1. The van der Waals surface area contributed by atoms with Crippen LogP contribution in [-0.4, -0.2) is 11.1 Å². The van der Waals surface area contributed by atoms with E-state index in [1.807, 2.05) is 19.9 Å². The van der Waals surface area contributed by atoms with E-state index in [-0.39, 0.29) is 22.3 Å². The van der Waals surface area contributed by atoms with E-state index in [9.17, 15) is 19.1 Å². The predicted molar refractivity (Wildman–Crippen MR) is 129 cm³/mol. The number of fused-ring (bicyclic) bond motifs is 1. The van der Waals surface area contributed by atoms with Gasteiger partial charge in [-0.1, -0.05) is 36.9 Å². The van der Waals surface area contributed by atoms with Crippen LogP contribution in [0.15, 0.2) is 81.7 Å². The molecule has 0 amide bonds. The van der Waals surface area contributed by atoms with Crippen LogP contribution in [0.5, 0.6) is 0 Å². The number of benzene rings is 2. The summed E-state index contributed by atoms with van der Waals surface area (Å²) in [5.74, 6) is -1.37. The van der Waals surface area contributed by atoms with E-state index in [0.29, 0.717) is 27.8 Å². The number of halogens is 1. The summed E-state index contributed by atoms with van der Waals surface area (Å²) in [4.78, 5) is 24.8. The lowest BCUT2D eigenvalue weighted by molar-refractivity contribution is -0.132. The molecule has 5 nitrogen and oxygen atoms in total. The smallest absolute Gasteiger partial charge is 0.333 e. The summed E-state index contributed by atoms with van der Waals surface area (Å²) < 4.78 is 20.7. The zero-order chi connectivity index (χ0) is 24.3. The fraction of sp³-hybridized carbons (Fsp3) is 0.185. The maximum absolute atomic E-state index is 14.5. The van der Waals surface area contributed by atoms with Crippen molar-refractivity contribution in [3.63, 3.8) is 0 Å². The monoisotopic (exact) mass is 447 g/mol. The minimum atomic E-state index is -1.06. The first-order chi connectivity index (χ1) is 15.6. The van der Waals surface area contributed by atoms with Gasteiger partial charge in [0.05, 0.1) is 22.6 Å². The van der Waals surface area contributed by atoms with Crippen LogP contribution in [0.1, 0.15) is 36.6 Å². The van der Waals surface area contributed by atoms with Crippen molar-refractivity contribution in [1.29, 1.82) is 0 Å². The molecule has 0 spiro atoms. The van der Waals surface area contributed by atoms with Gasteiger partial charge in [-0.3, -0.25) is 4.79 Å². The number of aryl methyl sites for hydroxylation is 1. The molecular formula is C27H26FNO4. The Kier molecular flexibility index (Phi) is 6.97. The molecule has 0 saturated carbocycles. The highest BCUT2D eigenvalue weighted by Gasteiger charge is 2.21. The quantitative estimate of drug-likeness (QED) is 0.345. The molecular weight excluding hydrogens is 421 g/mol. The van der Waals surface area contributed by atoms with E-state index in [0.717, 1.165) is 5.56 Å². The lowest BCUT2D eigenvalue weighted by Crippen LogP contribution is -2.21. The highest BCUT2D eigenvalue weighted by Crippen LogP contribution is 2.32. The molecule has 170 valence electrons. The van der Waals surface area contributed by atoms with Crippen LogP contribution in [0.2, 0.25) is 0 Å². The summed E-state index contributed by atoms with van der Waals surface area (Å²) in [6.07, 6.45) is 4.80. The van der Waals surface area contributed by atoms with Crippen molar-refractivity contribution in [2.45, 2.75) is 33.7 Å². The van der Waals surface area contributed by atoms with Gasteiger partial charge in [-0.2, -0.15) is 0 Å². The Balaban J connectivity index is 2.24. The number of carbonyl (C=O) groups is 1. The summed E-state index contributed by atoms with van der Waals surface area (Å²) in [6, 6.07) is 9.32. The summed E-state index contributed by atoms with van der Waals surface area (Å²) in [5.41, 5.74) is 2.64. The molecule has 0 aliphatic rings. The van der Waals surface area contributed by atoms with Gasteiger partial charge in [0.25, 0.3) is 0 Å². The third kappa shape index (κ3) is 4.80. The van der Waals surface area contributed by atoms with Gasteiger partial charge in [-0.05, 0) is 57.5 Å². The second-order valence-corrected chi connectivity index (χ2v) is 7.90. The summed E-state index contributed by atoms with van der Waals surface area (Å²) >= 11 is 0. The van der Waals surface area contributed by atoms with Crippen LogP contribution in [0.3, 0.4) is 0 Å². The first-order valence-corrected chi connectivity index (χ1v) is 10.5. The van der Waals surface area contributed by atoms with Crippen molar-refractivity contribution < 1.29 is 18.7 Å². The molecule has 1 atom stereocenters. The zero-order valence-corrected chi connectivity index (χ0v) is 19.0. The molecule has 6 heteroatoms. The fourth-order valence-corrected chi connectivity index (χ4v) is 3.66. The van der Waals surface area contributed by atoms with Crippen LogP contribution >= 0.6 is 0 Å². The van der Waals surface area contributed by atoms with Gasteiger partial charge in [0.1, 0.15) is 17.2 Å². The normalized spacial score (nSPS) is 13.1. The number of nitrogens with one attached hydrogen (secondary N) is 1. The molecule has 0 radical (unpaired) electrons. The van der Waals surface area contributed by atoms with Crippen molar-refractivity contribution in [3.8, 4) is 11.3 Å². The van der Waals surface area contributed by atoms with Gasteiger partial charge < -0.3 is 14.8 Å². The Bertz CT molecular complexity index is 1360. The minimum absolute atomic E-state index is 0.126. The van der Waals surface area contributed by atoms with Crippen LogP contribution in [0, 0.1) is 19.7 Å². The van der Waals surface area contributed by atoms with Gasteiger partial charge in [-0.15, -0.1) is 0 Å². The maximum Gasteiger partial charge on any atom is 0.333 e. The molecule has 1 heterocycles. The molecule has 33 heavy (non-hydrogen) atoms. The number of hydrogen-bond donors (Lipinski definition) is 2. The number of hydrogen-bond acceptors (Lipinski definition) is 4. The molecule has 0 aliphatic heterocycles. The number of aliphatic carboxylic acids is 1. The molecule has 0 fully saturated rings. The molecule has 0 aliphatic carbocycles. The average Bonchev–Trinajstić information content (AvgIpc) is 2.78. The number of allylic oxidation sites excluding steroid dienone is 3. The first kappa shape index (κ1) is 23.7. The maximum atomic E-state index is 14.5. The van der Waals surface area contributed by atoms with E-state index < -0.39 is 17.8 Å². The molecule has 0 saturated heterocycles. The largest absolute Gasteiger partial charge is 0.478 e. The van der Waals surface area contributed by atoms with Gasteiger partial charge in [-0.25, -0.2) is 9.18 Å². The summed E-state index contributed by atoms with van der Waals surface area (Å²) in [7, 11) is 0. The van der Waals surface area contributed by atoms with E-state index in [1.54, 1.807) is 49.4 Å². The summed E-state index contributed by atoms with van der Waals surface area (Å²) in [6.45, 7) is 10.5. The van der Waals surface area contributed by atoms with E-state index in [1.165, 1.54) is 13.0 Å². The Morgan fingerprint density at radius 2 is 1.94 bits per heavy atom. The van der Waals surface area contributed by atoms with Gasteiger partial charge in [0, 0.05) is 16.8 Å². The average molecular weight is 448 g/mol. The van der Waals surface area contributed by atoms with Crippen molar-refractivity contribution >= 4 is 16.9 Å². The van der Waals surface area contributed by atoms with Gasteiger partial charge in [0.2, 0.25) is 0 Å². The van der Waals surface area contributed by atoms with Crippen LogP contribution < -0.4 is 10.7 Å². The zero-order valence-electron chi connectivity index (χ0n) is 19.0. The standard InChI is InChI=1S/C27H26FNO4/c1-6-7-12-23(16(3)27(31)32)29-18(5)20-13-15(2)14-21-24(30)17(4)25(33-26(20)21)19-10-8-9-11-22(19)28/h6-14,18,29H,1H2,2-5H3,(H,31,32)/b12-7-,23-16-. The SMILES string of the molecule is C=C/C=C\C(NC(C)c1cc(C)cc2c(=O)c(C)c(-c3ccccc3F)oc12)=C(/C)C(=O)O. The number of carboxylic acids is 1. The Labute approximate surface area is 191 Å². The highest BCUT2D eigenvalue weighted by molar-refractivity contribution is 5.87. The Hall–Kier alpha value is -3.93. The molecule has 0 bridgehead atoms. The third-order valence-corrected chi connectivity index (χ3v) is 5.47. The topological polar surface area (TPSA) is 79.5 Å². The molecule has 3 rings (SSSR count). The minimum Gasteiger partial charge on any atom is -0.478 e. The third-order valence-electron chi connectivity index (χ3n) is 5.47. The summed E-state index contributed by atoms with van der Waals surface area (Å²) in [5, 5.41) is 13.0. The van der Waals surface area contributed by atoms with Crippen molar-refractivity contribution in [1.82, 2.24) is 5.32 Å². The highest BCUT2D eigenvalue weighted by atomic mass is 19.1.